The van der Waals surface area contributed by atoms with Gasteiger partial charge < -0.3 is 20.3 Å². The third-order valence-electron chi connectivity index (χ3n) is 5.10. The van der Waals surface area contributed by atoms with Crippen LogP contribution in [0.4, 0.5) is 5.69 Å². The number of aromatic carboxylic acids is 1. The van der Waals surface area contributed by atoms with Gasteiger partial charge in [0.05, 0.1) is 10.6 Å². The molecule has 168 valence electrons. The highest BCUT2D eigenvalue weighted by Crippen LogP contribution is 2.28. The van der Waals surface area contributed by atoms with Crippen LogP contribution in [0.2, 0.25) is 5.02 Å². The zero-order valence-corrected chi connectivity index (χ0v) is 19.2. The first-order chi connectivity index (χ1) is 15.1. The molecule has 0 atom stereocenters. The summed E-state index contributed by atoms with van der Waals surface area (Å²) in [6, 6.07) is 11.8. The topological polar surface area (TPSA) is 100 Å². The van der Waals surface area contributed by atoms with Crippen LogP contribution in [0, 0.1) is 5.92 Å². The third-order valence-corrected chi connectivity index (χ3v) is 5.43. The van der Waals surface area contributed by atoms with Gasteiger partial charge in [0, 0.05) is 35.1 Å². The van der Waals surface area contributed by atoms with Gasteiger partial charge in [-0.15, -0.1) is 0 Å². The van der Waals surface area contributed by atoms with E-state index in [0.717, 1.165) is 11.1 Å². The van der Waals surface area contributed by atoms with E-state index in [1.165, 1.54) is 0 Å². The highest BCUT2D eigenvalue weighted by Gasteiger charge is 2.18. The summed E-state index contributed by atoms with van der Waals surface area (Å²) < 4.78 is 1.75. The molecule has 0 spiro atoms. The Labute approximate surface area is 191 Å². The van der Waals surface area contributed by atoms with E-state index in [4.69, 9.17) is 11.6 Å². The van der Waals surface area contributed by atoms with Gasteiger partial charge in [-0.05, 0) is 55.8 Å². The second-order valence-corrected chi connectivity index (χ2v) is 8.62. The molecule has 0 unspecified atom stereocenters. The number of anilines is 1. The average Bonchev–Trinajstić information content (AvgIpc) is 3.12. The Balaban J connectivity index is 1.84. The number of carboxylic acid groups (broad SMARTS) is 1. The largest absolute Gasteiger partial charge is 0.477 e. The van der Waals surface area contributed by atoms with Gasteiger partial charge in [0.15, 0.2) is 0 Å². The van der Waals surface area contributed by atoms with Crippen LogP contribution in [-0.2, 0) is 11.3 Å². The van der Waals surface area contributed by atoms with Crippen molar-refractivity contribution in [3.63, 3.8) is 0 Å². The summed E-state index contributed by atoms with van der Waals surface area (Å²) in [5.41, 5.74) is 2.53. The fraction of sp³-hybridized carbons (Fsp3) is 0.292. The van der Waals surface area contributed by atoms with Crippen LogP contribution in [0.15, 0.2) is 42.5 Å². The molecule has 8 heteroatoms. The van der Waals surface area contributed by atoms with E-state index in [-0.39, 0.29) is 29.1 Å². The number of hydrogen-bond donors (Lipinski definition) is 3. The fourth-order valence-corrected chi connectivity index (χ4v) is 3.69. The number of nitrogens with one attached hydrogen (secondary N) is 2. The number of carbonyl (C=O) groups is 3. The Morgan fingerprint density at radius 1 is 1.03 bits per heavy atom. The van der Waals surface area contributed by atoms with Crippen molar-refractivity contribution in [2.24, 2.45) is 5.92 Å². The molecule has 2 amide bonds. The number of amides is 2. The molecule has 0 aliphatic heterocycles. The lowest BCUT2D eigenvalue weighted by Gasteiger charge is -2.13. The average molecular weight is 456 g/mol. The molecule has 0 saturated heterocycles. The van der Waals surface area contributed by atoms with Gasteiger partial charge in [-0.2, -0.15) is 0 Å². The third kappa shape index (κ3) is 4.94. The van der Waals surface area contributed by atoms with Gasteiger partial charge in [0.2, 0.25) is 5.91 Å². The quantitative estimate of drug-likeness (QED) is 0.461. The van der Waals surface area contributed by atoms with E-state index in [1.54, 1.807) is 47.0 Å². The van der Waals surface area contributed by atoms with Crippen LogP contribution < -0.4 is 10.6 Å². The first-order valence-corrected chi connectivity index (χ1v) is 10.7. The summed E-state index contributed by atoms with van der Waals surface area (Å²) in [6.07, 6.45) is 0. The molecule has 0 fully saturated rings. The zero-order chi connectivity index (χ0) is 23.6. The molecule has 3 rings (SSSR count). The number of fused-ring (bicyclic) bond motifs is 1. The van der Waals surface area contributed by atoms with E-state index >= 15 is 0 Å². The Bertz CT molecular complexity index is 1200. The molecule has 32 heavy (non-hydrogen) atoms. The number of carboxylic acids is 1. The summed E-state index contributed by atoms with van der Waals surface area (Å²) in [5, 5.41) is 16.2. The molecule has 1 aromatic heterocycles. The summed E-state index contributed by atoms with van der Waals surface area (Å²) >= 11 is 6.24. The molecule has 0 radical (unpaired) electrons. The first kappa shape index (κ1) is 23.3. The van der Waals surface area contributed by atoms with Gasteiger partial charge >= 0.3 is 5.97 Å². The second-order valence-electron chi connectivity index (χ2n) is 8.21. The lowest BCUT2D eigenvalue weighted by atomic mass is 10.1. The number of benzene rings is 2. The van der Waals surface area contributed by atoms with E-state index in [9.17, 15) is 19.5 Å². The molecule has 1 heterocycles. The van der Waals surface area contributed by atoms with Crippen LogP contribution in [0.3, 0.4) is 0 Å². The minimum absolute atomic E-state index is 0.0308. The smallest absolute Gasteiger partial charge is 0.352 e. The maximum absolute atomic E-state index is 12.9. The highest BCUT2D eigenvalue weighted by molar-refractivity contribution is 6.34. The summed E-state index contributed by atoms with van der Waals surface area (Å²) in [6.45, 7) is 7.74. The van der Waals surface area contributed by atoms with E-state index < -0.39 is 11.9 Å². The van der Waals surface area contributed by atoms with E-state index in [1.807, 2.05) is 27.7 Å². The molecular formula is C24H26ClN3O4. The van der Waals surface area contributed by atoms with Gasteiger partial charge in [-0.3, -0.25) is 9.59 Å². The number of carbonyl (C=O) groups excluding carboxylic acids is 2. The van der Waals surface area contributed by atoms with Crippen molar-refractivity contribution in [1.29, 1.82) is 0 Å². The number of nitrogens with zero attached hydrogens (tertiary/aromatic N) is 1. The van der Waals surface area contributed by atoms with Gasteiger partial charge in [0.25, 0.3) is 5.91 Å². The molecule has 7 nitrogen and oxygen atoms in total. The molecule has 3 aromatic rings. The van der Waals surface area contributed by atoms with Crippen LogP contribution in [0.1, 0.15) is 60.1 Å². The second kappa shape index (κ2) is 9.44. The zero-order valence-electron chi connectivity index (χ0n) is 18.4. The minimum Gasteiger partial charge on any atom is -0.477 e. The highest BCUT2D eigenvalue weighted by atomic mass is 35.5. The normalized spacial score (nSPS) is 11.2. The van der Waals surface area contributed by atoms with Crippen molar-refractivity contribution in [2.45, 2.75) is 40.3 Å². The number of aromatic nitrogens is 1. The molecule has 0 aliphatic rings. The SMILES string of the molecule is CC(C)C(=O)NCc1ccc(Cl)c(C(=O)Nc2ccc3c(c2)cc(C(=O)O)n3C(C)C)c1. The van der Waals surface area contributed by atoms with Crippen molar-refractivity contribution in [3.8, 4) is 0 Å². The number of halogens is 1. The van der Waals surface area contributed by atoms with Crippen LogP contribution in [0.5, 0.6) is 0 Å². The van der Waals surface area contributed by atoms with Gasteiger partial charge in [0.1, 0.15) is 5.69 Å². The predicted molar refractivity (Wildman–Crippen MR) is 125 cm³/mol. The lowest BCUT2D eigenvalue weighted by Crippen LogP contribution is -2.27. The van der Waals surface area contributed by atoms with Crippen LogP contribution >= 0.6 is 11.6 Å². The van der Waals surface area contributed by atoms with Crippen LogP contribution in [0.25, 0.3) is 10.9 Å². The Morgan fingerprint density at radius 3 is 2.38 bits per heavy atom. The molecule has 0 saturated carbocycles. The summed E-state index contributed by atoms with van der Waals surface area (Å²) in [7, 11) is 0. The first-order valence-electron chi connectivity index (χ1n) is 10.3. The Morgan fingerprint density at radius 2 is 1.75 bits per heavy atom. The molecule has 0 aliphatic carbocycles. The molecule has 0 bridgehead atoms. The van der Waals surface area contributed by atoms with Gasteiger partial charge in [-0.25, -0.2) is 4.79 Å². The molecule has 2 aromatic carbocycles. The van der Waals surface area contributed by atoms with Crippen LogP contribution in [-0.4, -0.2) is 27.5 Å². The van der Waals surface area contributed by atoms with E-state index in [2.05, 4.69) is 10.6 Å². The van der Waals surface area contributed by atoms with Crippen molar-refractivity contribution in [3.05, 3.63) is 64.3 Å². The Kier molecular flexibility index (Phi) is 6.89. The summed E-state index contributed by atoms with van der Waals surface area (Å²) in [5.74, 6) is -1.61. The standard InChI is InChI=1S/C24H26ClN3O4/c1-13(2)22(29)26-12-15-5-7-19(25)18(9-15)23(30)27-17-6-8-20-16(10-17)11-21(24(31)32)28(20)14(3)4/h5-11,13-14H,12H2,1-4H3,(H,26,29)(H,27,30)(H,31,32). The Hall–Kier alpha value is -3.32. The molecular weight excluding hydrogens is 430 g/mol. The lowest BCUT2D eigenvalue weighted by molar-refractivity contribution is -0.124. The maximum Gasteiger partial charge on any atom is 0.352 e. The molecule has 3 N–H and O–H groups in total. The maximum atomic E-state index is 12.9. The fourth-order valence-electron chi connectivity index (χ4n) is 3.48. The van der Waals surface area contributed by atoms with Crippen molar-refractivity contribution in [2.75, 3.05) is 5.32 Å². The predicted octanol–water partition coefficient (Wildman–Crippen LogP) is 5.10. The van der Waals surface area contributed by atoms with Crippen molar-refractivity contribution < 1.29 is 19.5 Å². The minimum atomic E-state index is -1.01. The number of rotatable bonds is 7. The van der Waals surface area contributed by atoms with Crippen molar-refractivity contribution >= 4 is 46.0 Å². The summed E-state index contributed by atoms with van der Waals surface area (Å²) in [4.78, 5) is 36.3. The van der Waals surface area contributed by atoms with Crippen molar-refractivity contribution in [1.82, 2.24) is 9.88 Å². The van der Waals surface area contributed by atoms with E-state index in [0.29, 0.717) is 22.6 Å². The van der Waals surface area contributed by atoms with Gasteiger partial charge in [-0.1, -0.05) is 31.5 Å². The number of hydrogen-bond acceptors (Lipinski definition) is 3. The monoisotopic (exact) mass is 455 g/mol.